The molecule has 0 aromatic heterocycles. The molecule has 3 heterocycles. The first-order chi connectivity index (χ1) is 15.4. The van der Waals surface area contributed by atoms with Crippen molar-refractivity contribution >= 4 is 37.7 Å². The average Bonchev–Trinajstić information content (AvgIpc) is 3.35. The van der Waals surface area contributed by atoms with Crippen LogP contribution in [0.25, 0.3) is 0 Å². The van der Waals surface area contributed by atoms with Crippen molar-refractivity contribution in [2.45, 2.75) is 79.5 Å². The first kappa shape index (κ1) is 24.1. The molecular formula is C24H34N2O5Pb+. The quantitative estimate of drug-likeness (QED) is 0.204. The molecule has 1 aromatic rings. The number of esters is 2. The van der Waals surface area contributed by atoms with Crippen molar-refractivity contribution in [3.63, 3.8) is 0 Å². The molecule has 8 heteroatoms. The number of hydrogen-bond acceptors (Lipinski definition) is 6. The van der Waals surface area contributed by atoms with E-state index < -0.39 is 15.4 Å². The van der Waals surface area contributed by atoms with Crippen molar-refractivity contribution in [2.75, 3.05) is 19.6 Å². The number of piperidine rings is 1. The molecule has 3 aliphatic heterocycles. The Hall–Kier alpha value is -1.04. The van der Waals surface area contributed by atoms with Gasteiger partial charge in [0, 0.05) is 0 Å². The van der Waals surface area contributed by atoms with Crippen molar-refractivity contribution in [2.24, 2.45) is 5.73 Å². The second-order valence-corrected chi connectivity index (χ2v) is 12.1. The van der Waals surface area contributed by atoms with E-state index in [-0.39, 0.29) is 18.6 Å². The monoisotopic (exact) mass is 638 g/mol. The maximum atomic E-state index is 13.6. The molecule has 3 radical (unpaired) electrons. The second kappa shape index (κ2) is 10.1. The van der Waals surface area contributed by atoms with Crippen molar-refractivity contribution in [1.82, 2.24) is 0 Å². The average molecular weight is 638 g/mol. The van der Waals surface area contributed by atoms with Gasteiger partial charge in [0.25, 0.3) is 0 Å². The van der Waals surface area contributed by atoms with Crippen LogP contribution < -0.4 is 5.73 Å². The zero-order valence-corrected chi connectivity index (χ0v) is 22.7. The molecule has 2 N–H and O–H groups in total. The number of nitrogens with two attached hydrogens (primary N) is 1. The molecule has 4 rings (SSSR count). The number of rotatable bonds is 8. The zero-order valence-electron chi connectivity index (χ0n) is 18.8. The van der Waals surface area contributed by atoms with Crippen LogP contribution in [0, 0.1) is 0 Å². The van der Waals surface area contributed by atoms with E-state index in [0.717, 1.165) is 18.4 Å². The van der Waals surface area contributed by atoms with Crippen LogP contribution in [-0.2, 0) is 27.0 Å². The van der Waals surface area contributed by atoms with E-state index in [1.165, 1.54) is 43.3 Å². The van der Waals surface area contributed by atoms with Gasteiger partial charge in [-0.25, -0.2) is 0 Å². The summed E-state index contributed by atoms with van der Waals surface area (Å²) >= 11 is 0.358. The summed E-state index contributed by atoms with van der Waals surface area (Å²) in [7, 11) is 0. The van der Waals surface area contributed by atoms with Gasteiger partial charge < -0.3 is 0 Å². The molecule has 173 valence electrons. The molecule has 32 heavy (non-hydrogen) atoms. The van der Waals surface area contributed by atoms with Crippen molar-refractivity contribution in [3.05, 3.63) is 35.9 Å². The van der Waals surface area contributed by atoms with Crippen LogP contribution in [0.5, 0.6) is 0 Å². The first-order valence-corrected chi connectivity index (χ1v) is 13.8. The van der Waals surface area contributed by atoms with E-state index in [1.807, 2.05) is 37.3 Å². The van der Waals surface area contributed by atoms with Gasteiger partial charge >= 0.3 is 207 Å². The maximum absolute atomic E-state index is 13.6. The number of carbonyl (C=O) groups is 2. The summed E-state index contributed by atoms with van der Waals surface area (Å²) in [5.74, 6) is -0.914. The Morgan fingerprint density at radius 2 is 1.78 bits per heavy atom. The van der Waals surface area contributed by atoms with Crippen molar-refractivity contribution in [3.8, 4) is 0 Å². The van der Waals surface area contributed by atoms with Crippen LogP contribution >= 0.6 is 0 Å². The number of ether oxygens (including phenoxy) is 3. The Morgan fingerprint density at radius 3 is 2.34 bits per heavy atom. The molecule has 1 aromatic carbocycles. The Morgan fingerprint density at radius 1 is 1.16 bits per heavy atom. The summed E-state index contributed by atoms with van der Waals surface area (Å²) in [6.45, 7) is 4.20. The summed E-state index contributed by atoms with van der Waals surface area (Å²) in [4.78, 5) is 25.4. The van der Waals surface area contributed by atoms with Gasteiger partial charge in [-0.1, -0.05) is 0 Å². The molecule has 7 nitrogen and oxygen atoms in total. The fourth-order valence-electron chi connectivity index (χ4n) is 6.03. The number of hydrogen-bond donors (Lipinski definition) is 1. The molecule has 3 saturated heterocycles. The summed E-state index contributed by atoms with van der Waals surface area (Å²) in [5, 5.41) is 0. The van der Waals surface area contributed by atoms with Gasteiger partial charge in [-0.05, 0) is 0 Å². The minimum atomic E-state index is -1.24. The summed E-state index contributed by atoms with van der Waals surface area (Å²) < 4.78 is 17.7. The number of carbonyl (C=O) groups excluding carboxylic acids is 2. The van der Waals surface area contributed by atoms with Gasteiger partial charge in [-0.15, -0.1) is 0 Å². The molecule has 0 aliphatic carbocycles. The summed E-state index contributed by atoms with van der Waals surface area (Å²) in [5.41, 5.74) is 6.14. The molecule has 4 unspecified atom stereocenters. The molecule has 1 spiro atoms. The third-order valence-corrected chi connectivity index (χ3v) is 9.94. The minimum absolute atomic E-state index is 0.0725. The molecule has 3 fully saturated rings. The summed E-state index contributed by atoms with van der Waals surface area (Å²) in [6.07, 6.45) is 6.51. The van der Waals surface area contributed by atoms with Crippen molar-refractivity contribution < 1.29 is 28.3 Å². The van der Waals surface area contributed by atoms with Crippen LogP contribution in [0.3, 0.4) is 0 Å². The third kappa shape index (κ3) is 4.63. The Labute approximate surface area is 206 Å². The predicted molar refractivity (Wildman–Crippen MR) is 119 cm³/mol. The van der Waals surface area contributed by atoms with Gasteiger partial charge in [0.2, 0.25) is 0 Å². The Bertz CT molecular complexity index is 800. The molecule has 4 atom stereocenters. The van der Waals surface area contributed by atoms with E-state index in [9.17, 15) is 9.59 Å². The van der Waals surface area contributed by atoms with Crippen LogP contribution in [0.1, 0.15) is 57.4 Å². The van der Waals surface area contributed by atoms with Crippen LogP contribution in [0.4, 0.5) is 0 Å². The fourth-order valence-corrected chi connectivity index (χ4v) is 7.42. The number of benzene rings is 1. The molecular weight excluding hydrogens is 603 g/mol. The van der Waals surface area contributed by atoms with Crippen LogP contribution in [-0.4, -0.2) is 86.3 Å². The van der Waals surface area contributed by atoms with E-state index in [2.05, 4.69) is 0 Å². The van der Waals surface area contributed by atoms with E-state index in [1.54, 1.807) is 0 Å². The predicted octanol–water partition coefficient (Wildman–Crippen LogP) is 2.11. The van der Waals surface area contributed by atoms with Gasteiger partial charge in [-0.2, -0.15) is 0 Å². The normalized spacial score (nSPS) is 28.8. The van der Waals surface area contributed by atoms with E-state index in [0.29, 0.717) is 44.3 Å². The van der Waals surface area contributed by atoms with Crippen LogP contribution in [0.15, 0.2) is 30.3 Å². The molecule has 0 amide bonds. The third-order valence-electron chi connectivity index (χ3n) is 7.57. The van der Waals surface area contributed by atoms with Gasteiger partial charge in [-0.3, -0.25) is 0 Å². The summed E-state index contributed by atoms with van der Waals surface area (Å²) in [6, 6.07) is 10.6. The Balaban J connectivity index is 1.50. The van der Waals surface area contributed by atoms with Gasteiger partial charge in [0.15, 0.2) is 0 Å². The molecule has 3 aliphatic rings. The second-order valence-electron chi connectivity index (χ2n) is 9.34. The zero-order chi connectivity index (χ0) is 22.8. The van der Waals surface area contributed by atoms with E-state index in [4.69, 9.17) is 19.9 Å². The number of quaternary nitrogens is 1. The molecule has 2 bridgehead atoms. The number of nitrogens with zero attached hydrogens (tertiary/aromatic N) is 1. The standard InChI is InChI=1S/C24H34N2O5.Pb/c1-2-22(30-21(27)16-25)31-23(17-8-4-3-5-9-17)24(28)29-20-14-18-10-11-19(15-20)26(18)12-6-7-13-26;/h3-5,8-9,18-20,22H,2,6-7,10-16,25H2,1H3;/q+1;. The first-order valence-electron chi connectivity index (χ1n) is 11.9. The van der Waals surface area contributed by atoms with Gasteiger partial charge in [0.1, 0.15) is 0 Å². The van der Waals surface area contributed by atoms with E-state index >= 15 is 0 Å². The SMILES string of the molecule is CCC(OC(=O)CN)O[C]([Pb])(C(=O)OC1CC2CCC(C1)[N+]21CCCC1)c1ccccc1. The molecule has 0 saturated carbocycles. The Kier molecular flexibility index (Phi) is 7.58. The topological polar surface area (TPSA) is 87.9 Å². The van der Waals surface area contributed by atoms with Crippen molar-refractivity contribution in [1.29, 1.82) is 0 Å². The van der Waals surface area contributed by atoms with Gasteiger partial charge in [0.05, 0.1) is 0 Å². The van der Waals surface area contributed by atoms with Crippen LogP contribution in [0.2, 0.25) is 0 Å². The fraction of sp³-hybridized carbons (Fsp3) is 0.667.